The lowest BCUT2D eigenvalue weighted by atomic mass is 9.99. The Kier molecular flexibility index (Phi) is 7.01. The average molecular weight is 437 g/mol. The number of thioether (sulfide) groups is 1. The number of anilines is 2. The van der Waals surface area contributed by atoms with E-state index in [4.69, 9.17) is 0 Å². The molecule has 1 heterocycles. The van der Waals surface area contributed by atoms with Crippen LogP contribution in [0.1, 0.15) is 74.8 Å². The highest BCUT2D eigenvalue weighted by molar-refractivity contribution is 8.00. The van der Waals surface area contributed by atoms with E-state index in [0.29, 0.717) is 24.0 Å². The molecule has 4 rings (SSSR count). The predicted molar refractivity (Wildman–Crippen MR) is 129 cm³/mol. The van der Waals surface area contributed by atoms with Gasteiger partial charge in [0.05, 0.1) is 5.75 Å². The third kappa shape index (κ3) is 4.98. The molecule has 0 spiro atoms. The number of hydrogen-bond acceptors (Lipinski definition) is 3. The molecule has 1 saturated heterocycles. The van der Waals surface area contributed by atoms with Crippen LogP contribution < -0.4 is 10.2 Å². The van der Waals surface area contributed by atoms with Crippen molar-refractivity contribution in [1.29, 1.82) is 0 Å². The van der Waals surface area contributed by atoms with Crippen LogP contribution in [0.2, 0.25) is 0 Å². The second-order valence-corrected chi connectivity index (χ2v) is 10.0. The molecular formula is C26H32N2O2S. The Bertz CT molecular complexity index is 937. The van der Waals surface area contributed by atoms with Crippen LogP contribution in [0, 0.1) is 5.92 Å². The second kappa shape index (κ2) is 9.90. The summed E-state index contributed by atoms with van der Waals surface area (Å²) < 4.78 is 0. The van der Waals surface area contributed by atoms with E-state index < -0.39 is 0 Å². The van der Waals surface area contributed by atoms with Crippen LogP contribution in [-0.4, -0.2) is 17.6 Å². The Morgan fingerprint density at radius 3 is 2.58 bits per heavy atom. The molecule has 2 fully saturated rings. The minimum atomic E-state index is -0.140. The number of rotatable bonds is 7. The molecule has 5 heteroatoms. The number of hydrogen-bond donors (Lipinski definition) is 1. The molecule has 31 heavy (non-hydrogen) atoms. The molecule has 1 aliphatic heterocycles. The van der Waals surface area contributed by atoms with Crippen molar-refractivity contribution < 1.29 is 9.59 Å². The van der Waals surface area contributed by atoms with E-state index in [2.05, 4.69) is 25.2 Å². The number of nitrogens with one attached hydrogen (secondary N) is 1. The summed E-state index contributed by atoms with van der Waals surface area (Å²) in [4.78, 5) is 27.6. The van der Waals surface area contributed by atoms with Crippen molar-refractivity contribution in [3.63, 3.8) is 0 Å². The molecule has 1 aliphatic carbocycles. The molecule has 164 valence electrons. The second-order valence-electron chi connectivity index (χ2n) is 8.97. The lowest BCUT2D eigenvalue weighted by molar-refractivity contribution is -0.117. The molecule has 1 saturated carbocycles. The van der Waals surface area contributed by atoms with Crippen LogP contribution in [0.15, 0.2) is 48.5 Å². The first kappa shape index (κ1) is 21.9. The van der Waals surface area contributed by atoms with Crippen molar-refractivity contribution >= 4 is 35.0 Å². The molecule has 2 aromatic carbocycles. The Morgan fingerprint density at radius 2 is 1.81 bits per heavy atom. The Labute approximate surface area is 189 Å². The molecule has 0 unspecified atom stereocenters. The topological polar surface area (TPSA) is 49.4 Å². The number of carbonyl (C=O) groups is 2. The minimum Gasteiger partial charge on any atom is -0.326 e. The molecule has 4 nitrogen and oxygen atoms in total. The summed E-state index contributed by atoms with van der Waals surface area (Å²) in [5.41, 5.74) is 3.95. The smallest absolute Gasteiger partial charge is 0.238 e. The number of nitrogens with zero attached hydrogens (tertiary/aromatic N) is 1. The summed E-state index contributed by atoms with van der Waals surface area (Å²) in [6.45, 7) is 4.31. The maximum atomic E-state index is 12.9. The van der Waals surface area contributed by atoms with Crippen LogP contribution in [0.25, 0.3) is 0 Å². The fourth-order valence-corrected chi connectivity index (χ4v) is 5.99. The standard InChI is InChI=1S/C26H32N2O2S/c1-18(2)20-11-6-8-14-23(20)28-25(30)17-31-26(28)21-12-5-7-13-22(21)27-24(29)16-15-19-9-3-4-10-19/h5-8,11-14,18-19,26H,3-4,9-10,15-17H2,1-2H3,(H,27,29)/t26-/m0/s1. The zero-order valence-corrected chi connectivity index (χ0v) is 19.3. The van der Waals surface area contributed by atoms with Crippen molar-refractivity contribution in [2.45, 2.75) is 63.7 Å². The van der Waals surface area contributed by atoms with Gasteiger partial charge >= 0.3 is 0 Å². The lowest BCUT2D eigenvalue weighted by Gasteiger charge is -2.29. The van der Waals surface area contributed by atoms with Gasteiger partial charge in [-0.25, -0.2) is 0 Å². The predicted octanol–water partition coefficient (Wildman–Crippen LogP) is 6.50. The average Bonchev–Trinajstić information content (AvgIpc) is 3.42. The molecule has 1 N–H and O–H groups in total. The van der Waals surface area contributed by atoms with Gasteiger partial charge < -0.3 is 5.32 Å². The van der Waals surface area contributed by atoms with Gasteiger partial charge in [0.15, 0.2) is 0 Å². The zero-order valence-electron chi connectivity index (χ0n) is 18.5. The molecular weight excluding hydrogens is 404 g/mol. The summed E-state index contributed by atoms with van der Waals surface area (Å²) in [7, 11) is 0. The van der Waals surface area contributed by atoms with Gasteiger partial charge in [0.1, 0.15) is 5.37 Å². The molecule has 2 aliphatic rings. The van der Waals surface area contributed by atoms with Gasteiger partial charge in [-0.3, -0.25) is 14.5 Å². The van der Waals surface area contributed by atoms with E-state index in [-0.39, 0.29) is 17.2 Å². The fraction of sp³-hybridized carbons (Fsp3) is 0.462. The zero-order chi connectivity index (χ0) is 21.8. The molecule has 0 bridgehead atoms. The minimum absolute atomic E-state index is 0.0720. The van der Waals surface area contributed by atoms with Crippen LogP contribution in [0.4, 0.5) is 11.4 Å². The summed E-state index contributed by atoms with van der Waals surface area (Å²) in [5.74, 6) is 1.65. The summed E-state index contributed by atoms with van der Waals surface area (Å²) >= 11 is 1.63. The largest absolute Gasteiger partial charge is 0.326 e. The van der Waals surface area contributed by atoms with Crippen LogP contribution >= 0.6 is 11.8 Å². The Balaban J connectivity index is 1.56. The first-order valence-electron chi connectivity index (χ1n) is 11.5. The van der Waals surface area contributed by atoms with E-state index in [9.17, 15) is 9.59 Å². The van der Waals surface area contributed by atoms with Gasteiger partial charge in [0.25, 0.3) is 0 Å². The van der Waals surface area contributed by atoms with Crippen LogP contribution in [0.3, 0.4) is 0 Å². The molecule has 0 radical (unpaired) electrons. The molecule has 1 atom stereocenters. The number of amides is 2. The van der Waals surface area contributed by atoms with Crippen LogP contribution in [0.5, 0.6) is 0 Å². The normalized spacial score (nSPS) is 19.4. The third-order valence-corrected chi connectivity index (χ3v) is 7.64. The van der Waals surface area contributed by atoms with Crippen molar-refractivity contribution in [2.24, 2.45) is 5.92 Å². The van der Waals surface area contributed by atoms with Gasteiger partial charge in [0.2, 0.25) is 11.8 Å². The highest BCUT2D eigenvalue weighted by Crippen LogP contribution is 2.46. The van der Waals surface area contributed by atoms with Crippen molar-refractivity contribution in [3.05, 3.63) is 59.7 Å². The van der Waals surface area contributed by atoms with E-state index in [1.54, 1.807) is 11.8 Å². The first-order chi connectivity index (χ1) is 15.0. The lowest BCUT2D eigenvalue weighted by Crippen LogP contribution is -2.29. The van der Waals surface area contributed by atoms with Gasteiger partial charge in [-0.05, 0) is 36.0 Å². The number of benzene rings is 2. The summed E-state index contributed by atoms with van der Waals surface area (Å²) in [6, 6.07) is 16.1. The highest BCUT2D eigenvalue weighted by Gasteiger charge is 2.36. The quantitative estimate of drug-likeness (QED) is 0.539. The molecule has 2 amide bonds. The number of carbonyl (C=O) groups excluding carboxylic acids is 2. The summed E-state index contributed by atoms with van der Waals surface area (Å²) in [5, 5.41) is 3.01. The van der Waals surface area contributed by atoms with Crippen molar-refractivity contribution in [3.8, 4) is 0 Å². The maximum absolute atomic E-state index is 12.9. The Hall–Kier alpha value is -2.27. The highest BCUT2D eigenvalue weighted by atomic mass is 32.2. The monoisotopic (exact) mass is 436 g/mol. The summed E-state index contributed by atoms with van der Waals surface area (Å²) in [6.07, 6.45) is 6.66. The fourth-order valence-electron chi connectivity index (χ4n) is 4.78. The van der Waals surface area contributed by atoms with Gasteiger partial charge in [-0.15, -0.1) is 11.8 Å². The SMILES string of the molecule is CC(C)c1ccccc1N1C(=O)CS[C@H]1c1ccccc1NC(=O)CCC1CCCC1. The molecule has 2 aromatic rings. The van der Waals surface area contributed by atoms with Gasteiger partial charge in [0, 0.05) is 23.4 Å². The van der Waals surface area contributed by atoms with Gasteiger partial charge in [-0.1, -0.05) is 75.9 Å². The Morgan fingerprint density at radius 1 is 1.10 bits per heavy atom. The number of para-hydroxylation sites is 2. The van der Waals surface area contributed by atoms with Crippen LogP contribution in [-0.2, 0) is 9.59 Å². The maximum Gasteiger partial charge on any atom is 0.238 e. The molecule has 0 aromatic heterocycles. The van der Waals surface area contributed by atoms with E-state index in [0.717, 1.165) is 23.4 Å². The van der Waals surface area contributed by atoms with E-state index in [1.165, 1.54) is 31.2 Å². The van der Waals surface area contributed by atoms with Gasteiger partial charge in [-0.2, -0.15) is 0 Å². The van der Waals surface area contributed by atoms with E-state index >= 15 is 0 Å². The van der Waals surface area contributed by atoms with E-state index in [1.807, 2.05) is 47.4 Å². The first-order valence-corrected chi connectivity index (χ1v) is 12.5. The van der Waals surface area contributed by atoms with Crippen molar-refractivity contribution in [1.82, 2.24) is 0 Å². The van der Waals surface area contributed by atoms with Crippen molar-refractivity contribution in [2.75, 3.05) is 16.0 Å². The third-order valence-electron chi connectivity index (χ3n) is 6.44.